The fourth-order valence-corrected chi connectivity index (χ4v) is 4.60. The van der Waals surface area contributed by atoms with Crippen molar-refractivity contribution in [3.05, 3.63) is 30.0 Å². The molecule has 1 atom stereocenters. The summed E-state index contributed by atoms with van der Waals surface area (Å²) in [5.74, 6) is -0.279. The second-order valence-electron chi connectivity index (χ2n) is 7.08. The quantitative estimate of drug-likeness (QED) is 0.656. The number of carbonyl (C=O) groups is 1. The van der Waals surface area contributed by atoms with Crippen molar-refractivity contribution in [2.45, 2.75) is 38.1 Å². The maximum atomic E-state index is 12.1. The van der Waals surface area contributed by atoms with Crippen LogP contribution in [-0.2, 0) is 14.6 Å². The third-order valence-electron chi connectivity index (χ3n) is 4.32. The molecule has 0 fully saturated rings. The zero-order valence-corrected chi connectivity index (χ0v) is 18.0. The Morgan fingerprint density at radius 3 is 2.39 bits per heavy atom. The standard InChI is InChI=1S/C19H24N4O3S2/c1-12(2)11-16(18(21)24)23(10-9-20)19-17(13(3)22-27-19)14-5-7-15(8-6-14)28(4,25)26/h5-8,12,16H,10-11H2,1-4H3,(H2,21,24)/t16-/m0/s1. The van der Waals surface area contributed by atoms with Gasteiger partial charge in [0.25, 0.3) is 0 Å². The second-order valence-corrected chi connectivity index (χ2v) is 9.85. The number of primary amides is 1. The lowest BCUT2D eigenvalue weighted by Crippen LogP contribution is -2.46. The number of nitriles is 1. The fraction of sp³-hybridized carbons (Fsp3) is 0.421. The largest absolute Gasteiger partial charge is 0.368 e. The molecule has 1 aromatic carbocycles. The molecule has 1 amide bonds. The molecule has 0 saturated heterocycles. The summed E-state index contributed by atoms with van der Waals surface area (Å²) in [6.07, 6.45) is 1.67. The van der Waals surface area contributed by atoms with Crippen LogP contribution in [0.15, 0.2) is 29.2 Å². The lowest BCUT2D eigenvalue weighted by molar-refractivity contribution is -0.119. The van der Waals surface area contributed by atoms with Gasteiger partial charge in [-0.15, -0.1) is 0 Å². The average molecular weight is 421 g/mol. The van der Waals surface area contributed by atoms with Crippen molar-refractivity contribution in [1.29, 1.82) is 5.26 Å². The highest BCUT2D eigenvalue weighted by atomic mass is 32.2. The van der Waals surface area contributed by atoms with E-state index in [1.54, 1.807) is 29.2 Å². The van der Waals surface area contributed by atoms with Crippen molar-refractivity contribution in [3.63, 3.8) is 0 Å². The van der Waals surface area contributed by atoms with Gasteiger partial charge in [0, 0.05) is 11.8 Å². The van der Waals surface area contributed by atoms with Crippen molar-refractivity contribution < 1.29 is 13.2 Å². The summed E-state index contributed by atoms with van der Waals surface area (Å²) in [4.78, 5) is 14.0. The van der Waals surface area contributed by atoms with Gasteiger partial charge in [0.1, 0.15) is 17.6 Å². The molecule has 0 saturated carbocycles. The van der Waals surface area contributed by atoms with E-state index in [9.17, 15) is 18.5 Å². The minimum Gasteiger partial charge on any atom is -0.368 e. The van der Waals surface area contributed by atoms with Crippen molar-refractivity contribution >= 4 is 32.3 Å². The topological polar surface area (TPSA) is 117 Å². The third-order valence-corrected chi connectivity index (χ3v) is 6.42. The molecule has 1 heterocycles. The van der Waals surface area contributed by atoms with E-state index in [1.165, 1.54) is 11.5 Å². The predicted octanol–water partition coefficient (Wildman–Crippen LogP) is 2.75. The molecule has 0 spiro atoms. The zero-order valence-electron chi connectivity index (χ0n) is 16.3. The summed E-state index contributed by atoms with van der Waals surface area (Å²) in [6, 6.07) is 7.98. The number of sulfone groups is 1. The number of aryl methyl sites for hydroxylation is 1. The minimum atomic E-state index is -3.30. The van der Waals surface area contributed by atoms with Crippen molar-refractivity contribution in [1.82, 2.24) is 4.37 Å². The molecule has 2 aromatic rings. The summed E-state index contributed by atoms with van der Waals surface area (Å²) >= 11 is 1.20. The molecule has 28 heavy (non-hydrogen) atoms. The van der Waals surface area contributed by atoms with E-state index in [2.05, 4.69) is 10.4 Å². The van der Waals surface area contributed by atoms with Crippen molar-refractivity contribution in [2.75, 3.05) is 17.7 Å². The third kappa shape index (κ3) is 4.88. The van der Waals surface area contributed by atoms with Crippen LogP contribution in [0.2, 0.25) is 0 Å². The van der Waals surface area contributed by atoms with Gasteiger partial charge in [-0.25, -0.2) is 8.42 Å². The van der Waals surface area contributed by atoms with E-state index in [-0.39, 0.29) is 17.4 Å². The molecule has 0 radical (unpaired) electrons. The van der Waals surface area contributed by atoms with E-state index in [0.29, 0.717) is 11.4 Å². The second kappa shape index (κ2) is 8.71. The molecule has 1 aromatic heterocycles. The minimum absolute atomic E-state index is 0.00359. The van der Waals surface area contributed by atoms with Gasteiger partial charge in [0.05, 0.1) is 16.7 Å². The fourth-order valence-electron chi connectivity index (χ4n) is 3.00. The smallest absolute Gasteiger partial charge is 0.240 e. The van der Waals surface area contributed by atoms with Crippen LogP contribution in [-0.4, -0.2) is 37.5 Å². The molecule has 2 rings (SSSR count). The molecular formula is C19H24N4O3S2. The van der Waals surface area contributed by atoms with Gasteiger partial charge in [-0.05, 0) is 48.5 Å². The van der Waals surface area contributed by atoms with Crippen molar-refractivity contribution in [2.24, 2.45) is 11.7 Å². The van der Waals surface area contributed by atoms with E-state index in [1.807, 2.05) is 20.8 Å². The average Bonchev–Trinajstić information content (AvgIpc) is 2.98. The van der Waals surface area contributed by atoms with Gasteiger partial charge in [-0.2, -0.15) is 9.64 Å². The summed E-state index contributed by atoms with van der Waals surface area (Å²) < 4.78 is 27.8. The summed E-state index contributed by atoms with van der Waals surface area (Å²) in [6.45, 7) is 5.81. The Labute approximate surface area is 169 Å². The summed E-state index contributed by atoms with van der Waals surface area (Å²) in [7, 11) is -3.30. The number of rotatable bonds is 8. The lowest BCUT2D eigenvalue weighted by atomic mass is 10.0. The first-order valence-corrected chi connectivity index (χ1v) is 11.4. The first kappa shape index (κ1) is 21.9. The molecule has 0 aliphatic carbocycles. The molecule has 9 heteroatoms. The van der Waals surface area contributed by atoms with Gasteiger partial charge >= 0.3 is 0 Å². The molecule has 2 N–H and O–H groups in total. The normalized spacial score (nSPS) is 12.6. The van der Waals surface area contributed by atoms with E-state index >= 15 is 0 Å². The Bertz CT molecular complexity index is 989. The van der Waals surface area contributed by atoms with Crippen LogP contribution < -0.4 is 10.6 Å². The molecular weight excluding hydrogens is 396 g/mol. The number of benzene rings is 1. The number of aromatic nitrogens is 1. The van der Waals surface area contributed by atoms with Crippen molar-refractivity contribution in [3.8, 4) is 17.2 Å². The van der Waals surface area contributed by atoms with Gasteiger partial charge in [0.15, 0.2) is 9.84 Å². The van der Waals surface area contributed by atoms with Crippen LogP contribution in [0, 0.1) is 24.2 Å². The molecule has 0 bridgehead atoms. The maximum Gasteiger partial charge on any atom is 0.240 e. The van der Waals surface area contributed by atoms with Gasteiger partial charge in [-0.1, -0.05) is 26.0 Å². The van der Waals surface area contributed by atoms with E-state index < -0.39 is 21.8 Å². The van der Waals surface area contributed by atoms with Crippen LogP contribution in [0.1, 0.15) is 26.0 Å². The maximum absolute atomic E-state index is 12.1. The summed E-state index contributed by atoms with van der Waals surface area (Å²) in [5.41, 5.74) is 7.92. The number of amides is 1. The van der Waals surface area contributed by atoms with E-state index in [0.717, 1.165) is 23.1 Å². The Morgan fingerprint density at radius 2 is 1.93 bits per heavy atom. The van der Waals surface area contributed by atoms with Crippen LogP contribution in [0.4, 0.5) is 5.00 Å². The number of nitrogens with zero attached hydrogens (tertiary/aromatic N) is 3. The van der Waals surface area contributed by atoms with Gasteiger partial charge < -0.3 is 10.6 Å². The number of anilines is 1. The molecule has 0 aliphatic rings. The molecule has 150 valence electrons. The SMILES string of the molecule is Cc1nsc(N(CC#N)[C@@H](CC(C)C)C(N)=O)c1-c1ccc(S(C)(=O)=O)cc1. The van der Waals surface area contributed by atoms with Crippen LogP contribution >= 0.6 is 11.5 Å². The van der Waals surface area contributed by atoms with Gasteiger partial charge in [-0.3, -0.25) is 4.79 Å². The molecule has 0 unspecified atom stereocenters. The number of nitrogens with two attached hydrogens (primary N) is 1. The predicted molar refractivity (Wildman–Crippen MR) is 111 cm³/mol. The molecule has 7 nitrogen and oxygen atoms in total. The summed E-state index contributed by atoms with van der Waals surface area (Å²) in [5, 5.41) is 10.0. The monoisotopic (exact) mass is 420 g/mol. The first-order chi connectivity index (χ1) is 13.1. The highest BCUT2D eigenvalue weighted by molar-refractivity contribution is 7.90. The van der Waals surface area contributed by atoms with Gasteiger partial charge in [0.2, 0.25) is 5.91 Å². The van der Waals surface area contributed by atoms with Crippen LogP contribution in [0.5, 0.6) is 0 Å². The first-order valence-electron chi connectivity index (χ1n) is 8.76. The van der Waals surface area contributed by atoms with Crippen LogP contribution in [0.25, 0.3) is 11.1 Å². The van der Waals surface area contributed by atoms with Crippen LogP contribution in [0.3, 0.4) is 0 Å². The Hall–Kier alpha value is -2.44. The molecule has 0 aliphatic heterocycles. The zero-order chi connectivity index (χ0) is 21.1. The highest BCUT2D eigenvalue weighted by Gasteiger charge is 2.29. The number of carbonyl (C=O) groups excluding carboxylic acids is 1. The number of hydrogen-bond acceptors (Lipinski definition) is 7. The lowest BCUT2D eigenvalue weighted by Gasteiger charge is -2.30. The Balaban J connectivity index is 2.56. The number of hydrogen-bond donors (Lipinski definition) is 1. The Morgan fingerprint density at radius 1 is 1.32 bits per heavy atom. The highest BCUT2D eigenvalue weighted by Crippen LogP contribution is 2.39. The van der Waals surface area contributed by atoms with E-state index in [4.69, 9.17) is 5.73 Å². The Kier molecular flexibility index (Phi) is 6.80.